The third-order valence-corrected chi connectivity index (χ3v) is 14.9. The predicted molar refractivity (Wildman–Crippen MR) is 316 cm³/mol. The van der Waals surface area contributed by atoms with Crippen LogP contribution in [0, 0.1) is 0 Å². The summed E-state index contributed by atoms with van der Waals surface area (Å²) in [4.78, 5) is 38.2. The first-order valence-electron chi connectivity index (χ1n) is 32.8. The van der Waals surface area contributed by atoms with Crippen molar-refractivity contribution >= 4 is 17.9 Å². The molecule has 0 aliphatic carbocycles. The van der Waals surface area contributed by atoms with Crippen molar-refractivity contribution in [2.24, 2.45) is 0 Å². The molecule has 73 heavy (non-hydrogen) atoms. The van der Waals surface area contributed by atoms with Crippen molar-refractivity contribution in [2.75, 3.05) is 13.2 Å². The van der Waals surface area contributed by atoms with Crippen LogP contribution in [0.25, 0.3) is 0 Å². The maximum Gasteiger partial charge on any atom is 0.306 e. The quantitative estimate of drug-likeness (QED) is 0.0261. The first-order valence-corrected chi connectivity index (χ1v) is 32.8. The topological polar surface area (TPSA) is 78.9 Å². The molecule has 0 bridgehead atoms. The molecule has 430 valence electrons. The number of unbranched alkanes of at least 4 members (excludes halogenated alkanes) is 46. The molecule has 0 radical (unpaired) electrons. The Morgan fingerprint density at radius 1 is 0.260 bits per heavy atom. The summed E-state index contributed by atoms with van der Waals surface area (Å²) < 4.78 is 16.9. The molecule has 1 atom stereocenters. The Kier molecular flexibility index (Phi) is 60.6. The van der Waals surface area contributed by atoms with Gasteiger partial charge in [0.2, 0.25) is 0 Å². The Balaban J connectivity index is 4.16. The summed E-state index contributed by atoms with van der Waals surface area (Å²) in [7, 11) is 0. The van der Waals surface area contributed by atoms with Crippen LogP contribution in [-0.4, -0.2) is 37.2 Å². The van der Waals surface area contributed by atoms with Crippen molar-refractivity contribution in [1.29, 1.82) is 0 Å². The number of esters is 3. The predicted octanol–water partition coefficient (Wildman–Crippen LogP) is 22.2. The molecular formula is C67H126O6. The largest absolute Gasteiger partial charge is 0.462 e. The highest BCUT2D eigenvalue weighted by Gasteiger charge is 2.19. The summed E-state index contributed by atoms with van der Waals surface area (Å²) in [5.74, 6) is -0.846. The molecule has 0 spiro atoms. The molecule has 0 amide bonds. The Morgan fingerprint density at radius 3 is 0.685 bits per heavy atom. The van der Waals surface area contributed by atoms with Gasteiger partial charge in [-0.25, -0.2) is 0 Å². The average molecular weight is 1030 g/mol. The number of carbonyl (C=O) groups excluding carboxylic acids is 3. The van der Waals surface area contributed by atoms with E-state index in [1.165, 1.54) is 270 Å². The number of ether oxygens (including phenoxy) is 3. The third-order valence-electron chi connectivity index (χ3n) is 14.9. The fourth-order valence-electron chi connectivity index (χ4n) is 9.97. The SMILES string of the molecule is CCCCCCCCCC/C=C\CCCCCCCCCCCCCC(=O)OCC(COC(=O)CCCCCCCCCCC)OC(=O)CCCCCCCCCCCCC/C=C\CCCCCCCCCC. The summed E-state index contributed by atoms with van der Waals surface area (Å²) in [5, 5.41) is 0. The highest BCUT2D eigenvalue weighted by Crippen LogP contribution is 2.18. The van der Waals surface area contributed by atoms with E-state index in [0.717, 1.165) is 57.8 Å². The average Bonchev–Trinajstić information content (AvgIpc) is 3.39. The van der Waals surface area contributed by atoms with Crippen LogP contribution in [0.2, 0.25) is 0 Å². The number of hydrogen-bond acceptors (Lipinski definition) is 6. The van der Waals surface area contributed by atoms with E-state index < -0.39 is 6.10 Å². The van der Waals surface area contributed by atoms with Gasteiger partial charge in [0.1, 0.15) is 13.2 Å². The van der Waals surface area contributed by atoms with E-state index in [9.17, 15) is 14.4 Å². The number of allylic oxidation sites excluding steroid dienone is 4. The number of rotatable bonds is 61. The lowest BCUT2D eigenvalue weighted by atomic mass is 10.0. The van der Waals surface area contributed by atoms with Crippen molar-refractivity contribution in [3.05, 3.63) is 24.3 Å². The number of carbonyl (C=O) groups is 3. The molecule has 0 fully saturated rings. The van der Waals surface area contributed by atoms with Gasteiger partial charge in [0.15, 0.2) is 6.10 Å². The fourth-order valence-corrected chi connectivity index (χ4v) is 9.97. The Morgan fingerprint density at radius 2 is 0.452 bits per heavy atom. The molecule has 0 aromatic heterocycles. The molecule has 0 aliphatic heterocycles. The zero-order valence-corrected chi connectivity index (χ0v) is 49.4. The molecule has 0 saturated carbocycles. The summed E-state index contributed by atoms with van der Waals surface area (Å²) in [6.45, 7) is 6.68. The van der Waals surface area contributed by atoms with E-state index in [1.807, 2.05) is 0 Å². The van der Waals surface area contributed by atoms with Crippen molar-refractivity contribution in [3.63, 3.8) is 0 Å². The van der Waals surface area contributed by atoms with Gasteiger partial charge in [-0.15, -0.1) is 0 Å². The molecular weight excluding hydrogens is 901 g/mol. The van der Waals surface area contributed by atoms with E-state index in [4.69, 9.17) is 14.2 Å². The molecule has 0 aliphatic rings. The smallest absolute Gasteiger partial charge is 0.306 e. The summed E-state index contributed by atoms with van der Waals surface area (Å²) in [6.07, 6.45) is 74.9. The van der Waals surface area contributed by atoms with Gasteiger partial charge in [-0.1, -0.05) is 302 Å². The second-order valence-corrected chi connectivity index (χ2v) is 22.4. The zero-order valence-electron chi connectivity index (χ0n) is 49.4. The second kappa shape index (κ2) is 62.4. The van der Waals surface area contributed by atoms with Crippen LogP contribution in [0.4, 0.5) is 0 Å². The van der Waals surface area contributed by atoms with Crippen LogP contribution in [0.3, 0.4) is 0 Å². The molecule has 0 aromatic carbocycles. The summed E-state index contributed by atoms with van der Waals surface area (Å²) >= 11 is 0. The monoisotopic (exact) mass is 1030 g/mol. The van der Waals surface area contributed by atoms with E-state index in [2.05, 4.69) is 45.1 Å². The van der Waals surface area contributed by atoms with Gasteiger partial charge < -0.3 is 14.2 Å². The van der Waals surface area contributed by atoms with E-state index in [1.54, 1.807) is 0 Å². The van der Waals surface area contributed by atoms with E-state index in [0.29, 0.717) is 19.3 Å². The van der Waals surface area contributed by atoms with Crippen molar-refractivity contribution in [3.8, 4) is 0 Å². The van der Waals surface area contributed by atoms with Crippen LogP contribution in [-0.2, 0) is 28.6 Å². The lowest BCUT2D eigenvalue weighted by molar-refractivity contribution is -0.167. The lowest BCUT2D eigenvalue weighted by Gasteiger charge is -2.18. The number of hydrogen-bond donors (Lipinski definition) is 0. The third kappa shape index (κ3) is 60.6. The first-order chi connectivity index (χ1) is 36.0. The lowest BCUT2D eigenvalue weighted by Crippen LogP contribution is -2.30. The van der Waals surface area contributed by atoms with Gasteiger partial charge in [-0.2, -0.15) is 0 Å². The molecule has 0 rings (SSSR count). The second-order valence-electron chi connectivity index (χ2n) is 22.4. The maximum atomic E-state index is 12.9. The molecule has 0 N–H and O–H groups in total. The fraction of sp³-hybridized carbons (Fsp3) is 0.896. The van der Waals surface area contributed by atoms with E-state index >= 15 is 0 Å². The Hall–Kier alpha value is -2.11. The van der Waals surface area contributed by atoms with Crippen LogP contribution in [0.15, 0.2) is 24.3 Å². The Bertz CT molecular complexity index is 1180. The van der Waals surface area contributed by atoms with Crippen molar-refractivity contribution in [1.82, 2.24) is 0 Å². The van der Waals surface area contributed by atoms with Crippen LogP contribution >= 0.6 is 0 Å². The molecule has 0 heterocycles. The van der Waals surface area contributed by atoms with Crippen molar-refractivity contribution < 1.29 is 28.6 Å². The van der Waals surface area contributed by atoms with Gasteiger partial charge >= 0.3 is 17.9 Å². The van der Waals surface area contributed by atoms with Crippen LogP contribution in [0.1, 0.15) is 367 Å². The minimum Gasteiger partial charge on any atom is -0.462 e. The van der Waals surface area contributed by atoms with Crippen molar-refractivity contribution in [2.45, 2.75) is 374 Å². The molecule has 0 aromatic rings. The molecule has 1 unspecified atom stereocenters. The normalized spacial score (nSPS) is 12.1. The van der Waals surface area contributed by atoms with E-state index in [-0.39, 0.29) is 31.1 Å². The van der Waals surface area contributed by atoms with Gasteiger partial charge in [0.25, 0.3) is 0 Å². The summed E-state index contributed by atoms with van der Waals surface area (Å²) in [6, 6.07) is 0. The Labute approximate surface area is 455 Å². The van der Waals surface area contributed by atoms with Gasteiger partial charge in [-0.05, 0) is 70.6 Å². The minimum atomic E-state index is -0.768. The van der Waals surface area contributed by atoms with Gasteiger partial charge in [-0.3, -0.25) is 14.4 Å². The highest BCUT2D eigenvalue weighted by atomic mass is 16.6. The molecule has 6 heteroatoms. The van der Waals surface area contributed by atoms with Gasteiger partial charge in [0.05, 0.1) is 0 Å². The molecule has 0 saturated heterocycles. The standard InChI is InChI=1S/C67H126O6/c1-4-7-10-13-16-19-21-23-25-27-29-31-33-35-37-39-41-43-45-48-51-54-57-60-66(69)72-63-64(62-71-65(68)59-56-53-50-47-18-15-12-9-6-3)73-67(70)61-58-55-52-49-46-44-42-40-38-36-34-32-30-28-26-24-22-20-17-14-11-8-5-2/h27-30,64H,4-26,31-63H2,1-3H3/b29-27-,30-28-. The summed E-state index contributed by atoms with van der Waals surface area (Å²) in [5.41, 5.74) is 0. The van der Waals surface area contributed by atoms with Gasteiger partial charge in [0, 0.05) is 19.3 Å². The zero-order chi connectivity index (χ0) is 52.9. The van der Waals surface area contributed by atoms with Crippen LogP contribution in [0.5, 0.6) is 0 Å². The minimum absolute atomic E-state index is 0.0669. The molecule has 6 nitrogen and oxygen atoms in total. The first kappa shape index (κ1) is 70.9. The van der Waals surface area contributed by atoms with Crippen LogP contribution < -0.4 is 0 Å². The highest BCUT2D eigenvalue weighted by molar-refractivity contribution is 5.71. The maximum absolute atomic E-state index is 12.9.